The van der Waals surface area contributed by atoms with Gasteiger partial charge in [0.05, 0.1) is 12.7 Å². The third-order valence-corrected chi connectivity index (χ3v) is 2.30. The maximum atomic E-state index is 10.6. The van der Waals surface area contributed by atoms with Crippen LogP contribution in [0.25, 0.3) is 0 Å². The third kappa shape index (κ3) is 1.70. The maximum absolute atomic E-state index is 10.6. The average molecular weight is 240 g/mol. The Morgan fingerprint density at radius 2 is 2.31 bits per heavy atom. The minimum absolute atomic E-state index is 0.256. The van der Waals surface area contributed by atoms with Gasteiger partial charge in [0, 0.05) is 4.47 Å². The molecule has 0 aliphatic carbocycles. The van der Waals surface area contributed by atoms with Gasteiger partial charge in [0.15, 0.2) is 6.29 Å². The molecular weight excluding hydrogens is 234 g/mol. The molecule has 0 heterocycles. The molecule has 13 heavy (non-hydrogen) atoms. The van der Waals surface area contributed by atoms with Crippen LogP contribution in [0, 0.1) is 11.3 Å². The number of carbonyl (C=O) groups excluding carboxylic acids is 1. The molecule has 0 amide bonds. The van der Waals surface area contributed by atoms with E-state index in [0.717, 1.165) is 0 Å². The quantitative estimate of drug-likeness (QED) is 0.744. The number of carbonyl (C=O) groups is 1. The number of nitrogens with zero attached hydrogens (tertiary/aromatic N) is 1. The summed E-state index contributed by atoms with van der Waals surface area (Å²) < 4.78 is 5.53. The first kappa shape index (κ1) is 9.75. The van der Waals surface area contributed by atoms with Gasteiger partial charge in [-0.2, -0.15) is 5.26 Å². The zero-order chi connectivity index (χ0) is 9.84. The summed E-state index contributed by atoms with van der Waals surface area (Å²) in [4.78, 5) is 10.6. The molecule has 0 N–H and O–H groups in total. The molecule has 0 saturated carbocycles. The van der Waals surface area contributed by atoms with E-state index in [4.69, 9.17) is 10.00 Å². The molecule has 0 aliphatic heterocycles. The molecule has 1 rings (SSSR count). The molecule has 0 saturated heterocycles. The zero-order valence-electron chi connectivity index (χ0n) is 6.87. The lowest BCUT2D eigenvalue weighted by Gasteiger charge is -2.05. The lowest BCUT2D eigenvalue weighted by atomic mass is 10.1. The summed E-state index contributed by atoms with van der Waals surface area (Å²) in [7, 11) is 1.46. The Bertz CT molecular complexity index is 382. The summed E-state index contributed by atoms with van der Waals surface area (Å²) in [5.74, 6) is 0.410. The molecule has 0 atom stereocenters. The van der Waals surface area contributed by atoms with E-state index in [1.165, 1.54) is 7.11 Å². The monoisotopic (exact) mass is 239 g/mol. The Hall–Kier alpha value is -1.34. The van der Waals surface area contributed by atoms with Crippen molar-refractivity contribution in [3.63, 3.8) is 0 Å². The van der Waals surface area contributed by atoms with Crippen LogP contribution in [0.3, 0.4) is 0 Å². The minimum Gasteiger partial charge on any atom is -0.495 e. The molecule has 1 aromatic carbocycles. The fourth-order valence-electron chi connectivity index (χ4n) is 0.975. The number of hydrogen-bond acceptors (Lipinski definition) is 3. The van der Waals surface area contributed by atoms with E-state index in [-0.39, 0.29) is 5.56 Å². The number of benzene rings is 1. The van der Waals surface area contributed by atoms with E-state index >= 15 is 0 Å². The molecule has 0 spiro atoms. The molecule has 0 aliphatic rings. The van der Waals surface area contributed by atoms with Gasteiger partial charge in [-0.15, -0.1) is 0 Å². The number of methoxy groups -OCH3 is 1. The van der Waals surface area contributed by atoms with Gasteiger partial charge in [0.25, 0.3) is 0 Å². The lowest BCUT2D eigenvalue weighted by molar-refractivity contribution is 0.112. The van der Waals surface area contributed by atoms with Crippen molar-refractivity contribution in [2.45, 2.75) is 0 Å². The second kappa shape index (κ2) is 4.06. The van der Waals surface area contributed by atoms with E-state index in [1.54, 1.807) is 12.1 Å². The molecule has 1 aromatic rings. The van der Waals surface area contributed by atoms with E-state index in [2.05, 4.69) is 15.9 Å². The van der Waals surface area contributed by atoms with Crippen LogP contribution in [0.1, 0.15) is 15.9 Å². The molecule has 0 radical (unpaired) electrons. The predicted molar refractivity (Wildman–Crippen MR) is 50.8 cm³/mol. The highest BCUT2D eigenvalue weighted by Gasteiger charge is 2.11. The van der Waals surface area contributed by atoms with Crippen molar-refractivity contribution in [2.24, 2.45) is 0 Å². The van der Waals surface area contributed by atoms with Crippen LogP contribution in [0.2, 0.25) is 0 Å². The predicted octanol–water partition coefficient (Wildman–Crippen LogP) is 2.14. The lowest BCUT2D eigenvalue weighted by Crippen LogP contribution is -1.94. The molecular formula is C9H6BrNO2. The largest absolute Gasteiger partial charge is 0.495 e. The second-order valence-corrected chi connectivity index (χ2v) is 3.12. The summed E-state index contributed by atoms with van der Waals surface area (Å²) in [6, 6.07) is 5.23. The van der Waals surface area contributed by atoms with Crippen molar-refractivity contribution in [3.8, 4) is 11.8 Å². The highest BCUT2D eigenvalue weighted by Crippen LogP contribution is 2.26. The fourth-order valence-corrected chi connectivity index (χ4v) is 1.40. The number of ether oxygens (including phenoxy) is 1. The Morgan fingerprint density at radius 3 is 2.77 bits per heavy atom. The normalized spacial score (nSPS) is 9.00. The second-order valence-electron chi connectivity index (χ2n) is 2.27. The fraction of sp³-hybridized carbons (Fsp3) is 0.111. The topological polar surface area (TPSA) is 50.1 Å². The number of hydrogen-bond donors (Lipinski definition) is 0. The van der Waals surface area contributed by atoms with Crippen molar-refractivity contribution < 1.29 is 9.53 Å². The van der Waals surface area contributed by atoms with E-state index in [9.17, 15) is 4.79 Å². The Morgan fingerprint density at radius 1 is 1.62 bits per heavy atom. The van der Waals surface area contributed by atoms with Crippen LogP contribution in [0.5, 0.6) is 5.75 Å². The van der Waals surface area contributed by atoms with Crippen LogP contribution in [-0.2, 0) is 0 Å². The van der Waals surface area contributed by atoms with Gasteiger partial charge >= 0.3 is 0 Å². The molecule has 3 nitrogen and oxygen atoms in total. The number of aldehydes is 1. The molecule has 66 valence electrons. The van der Waals surface area contributed by atoms with E-state index in [1.807, 2.05) is 6.07 Å². The summed E-state index contributed by atoms with van der Waals surface area (Å²) in [6.45, 7) is 0. The van der Waals surface area contributed by atoms with E-state index in [0.29, 0.717) is 22.1 Å². The first-order valence-corrected chi connectivity index (χ1v) is 4.25. The summed E-state index contributed by atoms with van der Waals surface area (Å²) >= 11 is 3.17. The van der Waals surface area contributed by atoms with Crippen LogP contribution >= 0.6 is 15.9 Å². The number of rotatable bonds is 2. The molecule has 0 aromatic heterocycles. The number of nitriles is 1. The van der Waals surface area contributed by atoms with Crippen LogP contribution in [0.4, 0.5) is 0 Å². The van der Waals surface area contributed by atoms with Crippen LogP contribution in [0.15, 0.2) is 16.6 Å². The molecule has 0 bridgehead atoms. The summed E-state index contributed by atoms with van der Waals surface area (Å²) in [6.07, 6.45) is 0.630. The Balaban J connectivity index is 3.47. The van der Waals surface area contributed by atoms with Gasteiger partial charge in [-0.05, 0) is 12.1 Å². The SMILES string of the molecule is COc1ccc(Br)c(C=O)c1C#N. The first-order chi connectivity index (χ1) is 6.24. The highest BCUT2D eigenvalue weighted by molar-refractivity contribution is 9.10. The Kier molecular flexibility index (Phi) is 3.04. The Labute approximate surface area is 84.1 Å². The van der Waals surface area contributed by atoms with Crippen molar-refractivity contribution in [1.82, 2.24) is 0 Å². The van der Waals surface area contributed by atoms with Gasteiger partial charge in [-0.25, -0.2) is 0 Å². The molecule has 0 unspecified atom stereocenters. The summed E-state index contributed by atoms with van der Waals surface area (Å²) in [5, 5.41) is 8.78. The van der Waals surface area contributed by atoms with Crippen molar-refractivity contribution >= 4 is 22.2 Å². The van der Waals surface area contributed by atoms with E-state index < -0.39 is 0 Å². The van der Waals surface area contributed by atoms with Gasteiger partial charge < -0.3 is 4.74 Å². The van der Waals surface area contributed by atoms with Crippen molar-refractivity contribution in [2.75, 3.05) is 7.11 Å². The standard InChI is InChI=1S/C9H6BrNO2/c1-13-9-3-2-8(10)7(5-12)6(9)4-11/h2-3,5H,1H3. The highest BCUT2D eigenvalue weighted by atomic mass is 79.9. The van der Waals surface area contributed by atoms with Crippen LogP contribution in [-0.4, -0.2) is 13.4 Å². The minimum atomic E-state index is 0.256. The summed E-state index contributed by atoms with van der Waals surface area (Å²) in [5.41, 5.74) is 0.578. The van der Waals surface area contributed by atoms with Gasteiger partial charge in [-0.1, -0.05) is 15.9 Å². The molecule has 0 fully saturated rings. The average Bonchev–Trinajstić information content (AvgIpc) is 2.17. The maximum Gasteiger partial charge on any atom is 0.152 e. The third-order valence-electron chi connectivity index (χ3n) is 1.60. The van der Waals surface area contributed by atoms with Crippen LogP contribution < -0.4 is 4.74 Å². The smallest absolute Gasteiger partial charge is 0.152 e. The van der Waals surface area contributed by atoms with Gasteiger partial charge in [-0.3, -0.25) is 4.79 Å². The van der Waals surface area contributed by atoms with Gasteiger partial charge in [0.1, 0.15) is 17.4 Å². The number of halogens is 1. The van der Waals surface area contributed by atoms with Crippen molar-refractivity contribution in [3.05, 3.63) is 27.7 Å². The zero-order valence-corrected chi connectivity index (χ0v) is 8.46. The van der Waals surface area contributed by atoms with Gasteiger partial charge in [0.2, 0.25) is 0 Å². The first-order valence-electron chi connectivity index (χ1n) is 3.46. The molecule has 4 heteroatoms. The van der Waals surface area contributed by atoms with Crippen molar-refractivity contribution in [1.29, 1.82) is 5.26 Å².